The highest BCUT2D eigenvalue weighted by atomic mass is 16.6. The predicted molar refractivity (Wildman–Crippen MR) is 91.7 cm³/mol. The lowest BCUT2D eigenvalue weighted by Gasteiger charge is -2.30. The van der Waals surface area contributed by atoms with Crippen LogP contribution in [0.15, 0.2) is 46.8 Å². The van der Waals surface area contributed by atoms with Gasteiger partial charge in [-0.15, -0.1) is 0 Å². The summed E-state index contributed by atoms with van der Waals surface area (Å²) in [5.41, 5.74) is 2.61. The second-order valence-corrected chi connectivity index (χ2v) is 5.76. The van der Waals surface area contributed by atoms with Gasteiger partial charge < -0.3 is 10.1 Å². The Bertz CT molecular complexity index is 790. The minimum absolute atomic E-state index is 0.0545. The number of nitrogens with one attached hydrogen (secondary N) is 1. The van der Waals surface area contributed by atoms with Gasteiger partial charge in [-0.1, -0.05) is 12.1 Å². The minimum atomic E-state index is -0.626. The van der Waals surface area contributed by atoms with Crippen molar-refractivity contribution < 1.29 is 19.2 Å². The number of rotatable bonds is 5. The molecule has 25 heavy (non-hydrogen) atoms. The number of nitrogens with zero attached hydrogens (tertiary/aromatic N) is 1. The molecule has 1 aliphatic rings. The fourth-order valence-corrected chi connectivity index (χ4v) is 3.06. The van der Waals surface area contributed by atoms with Crippen LogP contribution >= 0.6 is 0 Å². The monoisotopic (exact) mass is 344 g/mol. The Morgan fingerprint density at radius 1 is 1.16 bits per heavy atom. The van der Waals surface area contributed by atoms with Gasteiger partial charge >= 0.3 is 5.97 Å². The van der Waals surface area contributed by atoms with Crippen molar-refractivity contribution in [1.82, 2.24) is 5.32 Å². The van der Waals surface area contributed by atoms with Crippen LogP contribution in [0.25, 0.3) is 0 Å². The molecule has 1 heterocycles. The van der Waals surface area contributed by atoms with E-state index >= 15 is 0 Å². The number of ketones is 1. The van der Waals surface area contributed by atoms with Crippen molar-refractivity contribution in [2.75, 3.05) is 6.61 Å². The summed E-state index contributed by atoms with van der Waals surface area (Å²) in [5.74, 6) is -1.32. The zero-order chi connectivity index (χ0) is 18.7. The van der Waals surface area contributed by atoms with Gasteiger partial charge in [0.25, 0.3) is 5.69 Å². The van der Waals surface area contributed by atoms with Gasteiger partial charge in [0.2, 0.25) is 0 Å². The number of carbonyl (C=O) groups excluding carboxylic acids is 2. The molecule has 0 saturated heterocycles. The Hall–Kier alpha value is -2.96. The second-order valence-electron chi connectivity index (χ2n) is 5.76. The van der Waals surface area contributed by atoms with Crippen LogP contribution in [0.4, 0.5) is 5.69 Å². The standard InChI is InChI=1S/C18H20N2O5/c1-5-25-18(22)16-11(3)19-10(2)15(12(4)21)17(16)13-6-8-14(9-7-13)20(23)24/h6-9,17,19H,5H2,1-4H3. The number of ether oxygens (including phenoxy) is 1. The highest BCUT2D eigenvalue weighted by molar-refractivity contribution is 6.02. The first-order chi connectivity index (χ1) is 11.8. The SMILES string of the molecule is CCOC(=O)C1=C(C)NC(C)=C(C(C)=O)C1c1ccc([N+](=O)[O-])cc1. The summed E-state index contributed by atoms with van der Waals surface area (Å²) in [5, 5.41) is 13.9. The molecule has 7 heteroatoms. The topological polar surface area (TPSA) is 98.5 Å². The number of Topliss-reactive ketones (excluding diaryl/α,β-unsaturated/α-hetero) is 1. The number of dihydropyridines is 1. The summed E-state index contributed by atoms with van der Waals surface area (Å²) in [6.07, 6.45) is 0. The second kappa shape index (κ2) is 7.29. The van der Waals surface area contributed by atoms with Gasteiger partial charge in [-0.2, -0.15) is 0 Å². The summed E-state index contributed by atoms with van der Waals surface area (Å²) in [7, 11) is 0. The quantitative estimate of drug-likeness (QED) is 0.501. The Labute approximate surface area is 145 Å². The van der Waals surface area contributed by atoms with Crippen molar-refractivity contribution in [3.05, 3.63) is 62.5 Å². The molecule has 0 aromatic heterocycles. The number of non-ortho nitro benzene ring substituents is 1. The lowest BCUT2D eigenvalue weighted by Crippen LogP contribution is -2.31. The normalized spacial score (nSPS) is 17.2. The summed E-state index contributed by atoms with van der Waals surface area (Å²) in [4.78, 5) is 35.1. The fourth-order valence-electron chi connectivity index (χ4n) is 3.06. The molecule has 0 fully saturated rings. The lowest BCUT2D eigenvalue weighted by molar-refractivity contribution is -0.384. The Kier molecular flexibility index (Phi) is 5.36. The van der Waals surface area contributed by atoms with Crippen LogP contribution in [0.3, 0.4) is 0 Å². The number of benzene rings is 1. The maximum atomic E-state index is 12.5. The number of allylic oxidation sites excluding steroid dienone is 3. The van der Waals surface area contributed by atoms with E-state index in [0.717, 1.165) is 0 Å². The fraction of sp³-hybridized carbons (Fsp3) is 0.333. The smallest absolute Gasteiger partial charge is 0.336 e. The molecular weight excluding hydrogens is 324 g/mol. The van der Waals surface area contributed by atoms with Gasteiger partial charge in [0.1, 0.15) is 0 Å². The molecule has 0 amide bonds. The number of hydrogen-bond donors (Lipinski definition) is 1. The molecule has 132 valence electrons. The number of nitro groups is 1. The average molecular weight is 344 g/mol. The van der Waals surface area contributed by atoms with E-state index in [0.29, 0.717) is 28.1 Å². The van der Waals surface area contributed by atoms with E-state index in [1.807, 2.05) is 0 Å². The summed E-state index contributed by atoms with van der Waals surface area (Å²) in [6.45, 7) is 6.85. The van der Waals surface area contributed by atoms with Gasteiger partial charge in [0.05, 0.1) is 17.1 Å². The van der Waals surface area contributed by atoms with E-state index in [1.54, 1.807) is 32.9 Å². The maximum Gasteiger partial charge on any atom is 0.336 e. The van der Waals surface area contributed by atoms with E-state index in [-0.39, 0.29) is 18.1 Å². The molecule has 1 N–H and O–H groups in total. The van der Waals surface area contributed by atoms with Crippen molar-refractivity contribution in [2.45, 2.75) is 33.6 Å². The van der Waals surface area contributed by atoms with Crippen molar-refractivity contribution in [3.63, 3.8) is 0 Å². The third kappa shape index (κ3) is 3.60. The van der Waals surface area contributed by atoms with Crippen LogP contribution in [0.1, 0.15) is 39.2 Å². The van der Waals surface area contributed by atoms with Crippen LogP contribution < -0.4 is 5.32 Å². The van der Waals surface area contributed by atoms with Gasteiger partial charge in [-0.3, -0.25) is 14.9 Å². The van der Waals surface area contributed by atoms with Gasteiger partial charge in [0, 0.05) is 35.0 Å². The molecule has 1 aliphatic heterocycles. The van der Waals surface area contributed by atoms with Crippen LogP contribution in [-0.4, -0.2) is 23.3 Å². The lowest BCUT2D eigenvalue weighted by atomic mass is 9.79. The van der Waals surface area contributed by atoms with Crippen LogP contribution in [-0.2, 0) is 14.3 Å². The molecule has 1 aromatic rings. The third-order valence-corrected chi connectivity index (χ3v) is 4.07. The molecule has 0 radical (unpaired) electrons. The van der Waals surface area contributed by atoms with E-state index in [4.69, 9.17) is 4.74 Å². The molecule has 0 bridgehead atoms. The maximum absolute atomic E-state index is 12.5. The first kappa shape index (κ1) is 18.4. The average Bonchev–Trinajstić information content (AvgIpc) is 2.53. The molecule has 7 nitrogen and oxygen atoms in total. The summed E-state index contributed by atoms with van der Waals surface area (Å²) < 4.78 is 5.15. The first-order valence-electron chi connectivity index (χ1n) is 7.88. The highest BCUT2D eigenvalue weighted by Crippen LogP contribution is 2.39. The van der Waals surface area contributed by atoms with Gasteiger partial charge in [-0.05, 0) is 33.3 Å². The third-order valence-electron chi connectivity index (χ3n) is 4.07. The van der Waals surface area contributed by atoms with E-state index in [2.05, 4.69) is 5.32 Å². The summed E-state index contributed by atoms with van der Waals surface area (Å²) in [6, 6.07) is 5.86. The number of carbonyl (C=O) groups is 2. The Morgan fingerprint density at radius 3 is 2.20 bits per heavy atom. The van der Waals surface area contributed by atoms with E-state index in [9.17, 15) is 19.7 Å². The summed E-state index contributed by atoms with van der Waals surface area (Å²) >= 11 is 0. The Morgan fingerprint density at radius 2 is 1.72 bits per heavy atom. The van der Waals surface area contributed by atoms with Crippen LogP contribution in [0.5, 0.6) is 0 Å². The zero-order valence-electron chi connectivity index (χ0n) is 14.6. The van der Waals surface area contributed by atoms with Crippen molar-refractivity contribution >= 4 is 17.4 Å². The van der Waals surface area contributed by atoms with Crippen molar-refractivity contribution in [2.24, 2.45) is 0 Å². The van der Waals surface area contributed by atoms with Crippen molar-refractivity contribution in [1.29, 1.82) is 0 Å². The highest BCUT2D eigenvalue weighted by Gasteiger charge is 2.35. The molecule has 0 spiro atoms. The number of hydrogen-bond acceptors (Lipinski definition) is 6. The number of esters is 1. The van der Waals surface area contributed by atoms with Crippen molar-refractivity contribution in [3.8, 4) is 0 Å². The van der Waals surface area contributed by atoms with Crippen LogP contribution in [0, 0.1) is 10.1 Å². The molecule has 0 saturated carbocycles. The van der Waals surface area contributed by atoms with Gasteiger partial charge in [-0.25, -0.2) is 4.79 Å². The first-order valence-corrected chi connectivity index (χ1v) is 7.88. The molecule has 1 atom stereocenters. The van der Waals surface area contributed by atoms with E-state index < -0.39 is 16.8 Å². The predicted octanol–water partition coefficient (Wildman–Crippen LogP) is 2.98. The Balaban J connectivity index is 2.62. The number of nitro benzene ring substituents is 1. The molecular formula is C18H20N2O5. The molecule has 2 rings (SSSR count). The molecule has 0 aliphatic carbocycles. The minimum Gasteiger partial charge on any atom is -0.463 e. The van der Waals surface area contributed by atoms with E-state index in [1.165, 1.54) is 19.1 Å². The van der Waals surface area contributed by atoms with Gasteiger partial charge in [0.15, 0.2) is 5.78 Å². The largest absolute Gasteiger partial charge is 0.463 e. The van der Waals surface area contributed by atoms with Crippen LogP contribution in [0.2, 0.25) is 0 Å². The molecule has 1 aromatic carbocycles. The molecule has 1 unspecified atom stereocenters. The zero-order valence-corrected chi connectivity index (χ0v) is 14.6.